The molecule has 4 rings (SSSR count). The molecule has 0 saturated carbocycles. The largest absolute Gasteiger partial charge is 0.349 e. The van der Waals surface area contributed by atoms with E-state index in [1.807, 2.05) is 49.4 Å². The van der Waals surface area contributed by atoms with Gasteiger partial charge in [0, 0.05) is 11.1 Å². The predicted molar refractivity (Wildman–Crippen MR) is 109 cm³/mol. The molecule has 3 aromatic carbocycles. The van der Waals surface area contributed by atoms with Crippen LogP contribution in [-0.4, -0.2) is 10.9 Å². The van der Waals surface area contributed by atoms with Gasteiger partial charge in [-0.3, -0.25) is 9.59 Å². The monoisotopic (exact) mass is 356 g/mol. The van der Waals surface area contributed by atoms with Gasteiger partial charge in [-0.15, -0.1) is 0 Å². The summed E-state index contributed by atoms with van der Waals surface area (Å²) in [4.78, 5) is 27.6. The Morgan fingerprint density at radius 2 is 1.63 bits per heavy atom. The number of fused-ring (bicyclic) bond motifs is 2. The molecule has 0 bridgehead atoms. The van der Waals surface area contributed by atoms with E-state index < -0.39 is 0 Å². The quantitative estimate of drug-likeness (QED) is 0.578. The van der Waals surface area contributed by atoms with Gasteiger partial charge in [-0.25, -0.2) is 0 Å². The number of carbonyl (C=O) groups is 1. The first kappa shape index (κ1) is 17.0. The lowest BCUT2D eigenvalue weighted by Gasteiger charge is -2.15. The Labute approximate surface area is 156 Å². The Balaban J connectivity index is 1.51. The minimum atomic E-state index is -0.220. The van der Waals surface area contributed by atoms with Crippen molar-refractivity contribution in [3.8, 4) is 0 Å². The molecule has 0 aliphatic rings. The number of aromatic amines is 1. The molecule has 0 aliphatic carbocycles. The zero-order chi connectivity index (χ0) is 18.8. The molecule has 1 heterocycles. The highest BCUT2D eigenvalue weighted by molar-refractivity contribution is 5.84. The maximum absolute atomic E-state index is 12.5. The van der Waals surface area contributed by atoms with E-state index >= 15 is 0 Å². The Morgan fingerprint density at radius 1 is 0.926 bits per heavy atom. The van der Waals surface area contributed by atoms with Crippen molar-refractivity contribution >= 4 is 27.6 Å². The van der Waals surface area contributed by atoms with E-state index in [-0.39, 0.29) is 23.9 Å². The highest BCUT2D eigenvalue weighted by Gasteiger charge is 2.13. The van der Waals surface area contributed by atoms with Crippen LogP contribution in [0.2, 0.25) is 0 Å². The van der Waals surface area contributed by atoms with Crippen molar-refractivity contribution in [3.63, 3.8) is 0 Å². The maximum atomic E-state index is 12.5. The van der Waals surface area contributed by atoms with Crippen LogP contribution >= 0.6 is 0 Å². The minimum absolute atomic E-state index is 0.0537. The van der Waals surface area contributed by atoms with Crippen molar-refractivity contribution in [2.24, 2.45) is 0 Å². The first-order valence-corrected chi connectivity index (χ1v) is 8.99. The zero-order valence-corrected chi connectivity index (χ0v) is 15.0. The van der Waals surface area contributed by atoms with Crippen LogP contribution in [0.25, 0.3) is 21.7 Å². The van der Waals surface area contributed by atoms with E-state index in [9.17, 15) is 9.59 Å². The third kappa shape index (κ3) is 3.60. The van der Waals surface area contributed by atoms with Crippen LogP contribution in [0.3, 0.4) is 0 Å². The molecule has 2 N–H and O–H groups in total. The van der Waals surface area contributed by atoms with Crippen molar-refractivity contribution in [3.05, 3.63) is 94.3 Å². The molecular formula is C23H20N2O2. The summed E-state index contributed by atoms with van der Waals surface area (Å²) in [7, 11) is 0. The predicted octanol–water partition coefficient (Wildman–Crippen LogP) is 4.10. The highest BCUT2D eigenvalue weighted by atomic mass is 16.2. The van der Waals surface area contributed by atoms with E-state index in [1.54, 1.807) is 6.07 Å². The normalized spacial score (nSPS) is 12.2. The second kappa shape index (κ2) is 7.08. The van der Waals surface area contributed by atoms with Gasteiger partial charge < -0.3 is 10.3 Å². The fourth-order valence-electron chi connectivity index (χ4n) is 3.35. The van der Waals surface area contributed by atoms with Crippen molar-refractivity contribution in [1.82, 2.24) is 10.3 Å². The lowest BCUT2D eigenvalue weighted by molar-refractivity contribution is -0.121. The summed E-state index contributed by atoms with van der Waals surface area (Å²) in [6.45, 7) is 1.95. The molecule has 1 aromatic heterocycles. The summed E-state index contributed by atoms with van der Waals surface area (Å²) in [6, 6.07) is 23.5. The van der Waals surface area contributed by atoms with Crippen molar-refractivity contribution in [2.45, 2.75) is 19.4 Å². The summed E-state index contributed by atoms with van der Waals surface area (Å²) in [5.74, 6) is -0.170. The molecular weight excluding hydrogens is 336 g/mol. The second-order valence-electron chi connectivity index (χ2n) is 6.78. The summed E-state index contributed by atoms with van der Waals surface area (Å²) in [5, 5.41) is 6.22. The number of carbonyl (C=O) groups excluding carboxylic acids is 1. The smallest absolute Gasteiger partial charge is 0.252 e. The van der Waals surface area contributed by atoms with Gasteiger partial charge in [0.2, 0.25) is 5.91 Å². The molecule has 4 heteroatoms. The summed E-state index contributed by atoms with van der Waals surface area (Å²) in [5.41, 5.74) is 2.06. The Morgan fingerprint density at radius 3 is 2.44 bits per heavy atom. The first-order valence-electron chi connectivity index (χ1n) is 8.99. The van der Waals surface area contributed by atoms with Gasteiger partial charge in [0.1, 0.15) is 0 Å². The molecule has 1 amide bonds. The summed E-state index contributed by atoms with van der Waals surface area (Å²) < 4.78 is 0. The molecule has 0 spiro atoms. The van der Waals surface area contributed by atoms with E-state index in [2.05, 4.69) is 34.6 Å². The number of amides is 1. The fraction of sp³-hybridized carbons (Fsp3) is 0.130. The number of nitrogens with one attached hydrogen (secondary N) is 2. The van der Waals surface area contributed by atoms with Gasteiger partial charge in [-0.05, 0) is 46.8 Å². The number of H-pyrrole nitrogens is 1. The number of para-hydroxylation sites is 1. The fourth-order valence-corrected chi connectivity index (χ4v) is 3.35. The van der Waals surface area contributed by atoms with Crippen molar-refractivity contribution in [1.29, 1.82) is 0 Å². The molecule has 4 aromatic rings. The number of aromatic nitrogens is 1. The molecule has 0 fully saturated rings. The van der Waals surface area contributed by atoms with Crippen LogP contribution in [-0.2, 0) is 11.2 Å². The van der Waals surface area contributed by atoms with Crippen molar-refractivity contribution < 1.29 is 4.79 Å². The van der Waals surface area contributed by atoms with Gasteiger partial charge in [0.25, 0.3) is 5.56 Å². The first-order chi connectivity index (χ1) is 13.1. The zero-order valence-electron chi connectivity index (χ0n) is 15.0. The maximum Gasteiger partial charge on any atom is 0.252 e. The molecule has 27 heavy (non-hydrogen) atoms. The van der Waals surface area contributed by atoms with Crippen LogP contribution in [0.5, 0.6) is 0 Å². The second-order valence-corrected chi connectivity index (χ2v) is 6.78. The van der Waals surface area contributed by atoms with Gasteiger partial charge >= 0.3 is 0 Å². The Hall–Kier alpha value is -3.40. The number of hydrogen-bond acceptors (Lipinski definition) is 2. The van der Waals surface area contributed by atoms with Gasteiger partial charge in [0.05, 0.1) is 12.5 Å². The average Bonchev–Trinajstić information content (AvgIpc) is 2.68. The van der Waals surface area contributed by atoms with Gasteiger partial charge in [-0.2, -0.15) is 0 Å². The van der Waals surface area contributed by atoms with E-state index in [0.29, 0.717) is 5.56 Å². The number of rotatable bonds is 4. The standard InChI is InChI=1S/C23H20N2O2/c1-15(17-11-10-16-6-2-3-7-18(16)12-17)24-22(26)14-20-13-19-8-4-5-9-21(19)25-23(20)27/h2-13,15H,14H2,1H3,(H,24,26)(H,25,27)/t15-/m1/s1. The van der Waals surface area contributed by atoms with Crippen LogP contribution in [0.1, 0.15) is 24.1 Å². The van der Waals surface area contributed by atoms with E-state index in [4.69, 9.17) is 0 Å². The third-order valence-electron chi connectivity index (χ3n) is 4.83. The highest BCUT2D eigenvalue weighted by Crippen LogP contribution is 2.20. The molecule has 4 nitrogen and oxygen atoms in total. The SMILES string of the molecule is C[C@@H](NC(=O)Cc1cc2ccccc2[nH]c1=O)c1ccc2ccccc2c1. The number of pyridine rings is 1. The van der Waals surface area contributed by atoms with Crippen LogP contribution in [0.4, 0.5) is 0 Å². The summed E-state index contributed by atoms with van der Waals surface area (Å²) >= 11 is 0. The number of hydrogen-bond donors (Lipinski definition) is 2. The van der Waals surface area contributed by atoms with Crippen LogP contribution < -0.4 is 10.9 Å². The van der Waals surface area contributed by atoms with Crippen LogP contribution in [0.15, 0.2) is 77.6 Å². The molecule has 134 valence electrons. The van der Waals surface area contributed by atoms with Crippen LogP contribution in [0, 0.1) is 0 Å². The Kier molecular flexibility index (Phi) is 4.47. The molecule has 0 unspecified atom stereocenters. The molecule has 0 radical (unpaired) electrons. The lowest BCUT2D eigenvalue weighted by Crippen LogP contribution is -2.30. The van der Waals surface area contributed by atoms with E-state index in [0.717, 1.165) is 21.9 Å². The van der Waals surface area contributed by atoms with Gasteiger partial charge in [0.15, 0.2) is 0 Å². The number of benzene rings is 3. The molecule has 0 aliphatic heterocycles. The average molecular weight is 356 g/mol. The van der Waals surface area contributed by atoms with Crippen molar-refractivity contribution in [2.75, 3.05) is 0 Å². The molecule has 1 atom stereocenters. The Bertz CT molecular complexity index is 1190. The topological polar surface area (TPSA) is 62.0 Å². The minimum Gasteiger partial charge on any atom is -0.349 e. The third-order valence-corrected chi connectivity index (χ3v) is 4.83. The van der Waals surface area contributed by atoms with E-state index in [1.165, 1.54) is 5.39 Å². The van der Waals surface area contributed by atoms with Gasteiger partial charge in [-0.1, -0.05) is 54.6 Å². The molecule has 0 saturated heterocycles. The summed E-state index contributed by atoms with van der Waals surface area (Å²) in [6.07, 6.45) is 0.0537. The lowest BCUT2D eigenvalue weighted by atomic mass is 10.0.